The summed E-state index contributed by atoms with van der Waals surface area (Å²) in [4.78, 5) is 24.0. The molecule has 136 valence electrons. The molecule has 3 aromatic rings. The summed E-state index contributed by atoms with van der Waals surface area (Å²) in [5.74, 6) is -0.737. The van der Waals surface area contributed by atoms with Crippen LogP contribution in [0.2, 0.25) is 0 Å². The number of aromatic nitrogens is 1. The number of fused-ring (bicyclic) bond motifs is 1. The molecule has 3 rings (SSSR count). The van der Waals surface area contributed by atoms with E-state index in [1.807, 2.05) is 12.3 Å². The van der Waals surface area contributed by atoms with Gasteiger partial charge in [-0.1, -0.05) is 6.07 Å². The molecule has 0 unspecified atom stereocenters. The zero-order chi connectivity index (χ0) is 18.5. The topological polar surface area (TPSA) is 71.5 Å². The first kappa shape index (κ1) is 18.8. The van der Waals surface area contributed by atoms with Crippen molar-refractivity contribution in [3.8, 4) is 0 Å². The fourth-order valence-corrected chi connectivity index (χ4v) is 4.12. The van der Waals surface area contributed by atoms with E-state index in [-0.39, 0.29) is 25.5 Å². The van der Waals surface area contributed by atoms with Gasteiger partial charge in [0, 0.05) is 27.8 Å². The van der Waals surface area contributed by atoms with Crippen molar-refractivity contribution >= 4 is 39.2 Å². The summed E-state index contributed by atoms with van der Waals surface area (Å²) >= 11 is 2.83. The van der Waals surface area contributed by atoms with E-state index >= 15 is 0 Å². The first-order valence-electron chi connectivity index (χ1n) is 7.86. The molecule has 0 saturated heterocycles. The maximum Gasteiger partial charge on any atom is 0.276 e. The Morgan fingerprint density at radius 3 is 3.00 bits per heavy atom. The molecule has 0 atom stereocenters. The Hall–Kier alpha value is -2.00. The number of hydroxylamine groups is 1. The molecule has 2 heterocycles. The number of pyridine rings is 1. The second-order valence-corrected chi connectivity index (χ2v) is 7.36. The minimum Gasteiger partial charge on any atom is -0.394 e. The van der Waals surface area contributed by atoms with E-state index in [0.717, 1.165) is 4.90 Å². The Bertz CT molecular complexity index is 930. The lowest BCUT2D eigenvalue weighted by Crippen LogP contribution is -2.25. The first-order chi connectivity index (χ1) is 12.6. The number of carbonyl (C=O) groups is 1. The fourth-order valence-electron chi connectivity index (χ4n) is 2.54. The van der Waals surface area contributed by atoms with E-state index in [0.29, 0.717) is 26.2 Å². The average molecular weight is 392 g/mol. The first-order valence-corrected chi connectivity index (χ1v) is 9.90. The van der Waals surface area contributed by atoms with Crippen LogP contribution in [-0.2, 0) is 11.3 Å². The molecule has 0 radical (unpaired) electrons. The van der Waals surface area contributed by atoms with Gasteiger partial charge in [-0.2, -0.15) is 0 Å². The van der Waals surface area contributed by atoms with Gasteiger partial charge >= 0.3 is 0 Å². The zero-order valence-corrected chi connectivity index (χ0v) is 15.6. The smallest absolute Gasteiger partial charge is 0.276 e. The molecule has 8 heteroatoms. The summed E-state index contributed by atoms with van der Waals surface area (Å²) in [6.45, 7) is -0.210. The van der Waals surface area contributed by atoms with Gasteiger partial charge in [0.05, 0.1) is 18.8 Å². The third-order valence-corrected chi connectivity index (χ3v) is 5.57. The van der Waals surface area contributed by atoms with E-state index in [1.54, 1.807) is 24.4 Å². The summed E-state index contributed by atoms with van der Waals surface area (Å²) < 4.78 is 14.4. The molecular formula is C18H17FN2O3S2. The highest BCUT2D eigenvalue weighted by Gasteiger charge is 2.21. The second-order valence-electron chi connectivity index (χ2n) is 5.39. The van der Waals surface area contributed by atoms with Gasteiger partial charge in [0.25, 0.3) is 5.91 Å². The molecule has 0 aliphatic carbocycles. The van der Waals surface area contributed by atoms with Crippen LogP contribution in [0.15, 0.2) is 41.4 Å². The zero-order valence-electron chi connectivity index (χ0n) is 14.0. The normalized spacial score (nSPS) is 11.0. The highest BCUT2D eigenvalue weighted by atomic mass is 32.2. The van der Waals surface area contributed by atoms with E-state index in [1.165, 1.54) is 29.2 Å². The molecule has 0 aliphatic rings. The number of rotatable bonds is 7. The highest BCUT2D eigenvalue weighted by Crippen LogP contribution is 2.32. The molecule has 2 aromatic heterocycles. The van der Waals surface area contributed by atoms with Gasteiger partial charge in [0.2, 0.25) is 0 Å². The second kappa shape index (κ2) is 8.59. The van der Waals surface area contributed by atoms with E-state index in [9.17, 15) is 9.18 Å². The highest BCUT2D eigenvalue weighted by molar-refractivity contribution is 7.98. The number of carbonyl (C=O) groups excluding carboxylic acids is 1. The number of aliphatic hydroxyl groups is 1. The SMILES string of the molecule is CSc1ccc(Cc2sc3ncccc3c2C(=O)NOCCO)c(F)c1. The van der Waals surface area contributed by atoms with Crippen LogP contribution < -0.4 is 5.48 Å². The van der Waals surface area contributed by atoms with Gasteiger partial charge < -0.3 is 5.11 Å². The monoisotopic (exact) mass is 392 g/mol. The van der Waals surface area contributed by atoms with Crippen molar-refractivity contribution in [2.75, 3.05) is 19.5 Å². The molecular weight excluding hydrogens is 375 g/mol. The summed E-state index contributed by atoms with van der Waals surface area (Å²) in [7, 11) is 0. The lowest BCUT2D eigenvalue weighted by Gasteiger charge is -2.08. The quantitative estimate of drug-likeness (QED) is 0.366. The molecule has 0 bridgehead atoms. The van der Waals surface area contributed by atoms with Crippen molar-refractivity contribution in [1.29, 1.82) is 0 Å². The van der Waals surface area contributed by atoms with Gasteiger partial charge in [0.15, 0.2) is 0 Å². The number of benzene rings is 1. The van der Waals surface area contributed by atoms with Crippen molar-refractivity contribution in [2.24, 2.45) is 0 Å². The third kappa shape index (κ3) is 4.04. The lowest BCUT2D eigenvalue weighted by atomic mass is 10.1. The minimum atomic E-state index is -0.436. The number of hydrogen-bond acceptors (Lipinski definition) is 6. The Morgan fingerprint density at radius 1 is 1.42 bits per heavy atom. The van der Waals surface area contributed by atoms with Gasteiger partial charge in [-0.15, -0.1) is 23.1 Å². The number of thiophene rings is 1. The lowest BCUT2D eigenvalue weighted by molar-refractivity contribution is 0.0169. The number of nitrogens with zero attached hydrogens (tertiary/aromatic N) is 1. The van der Waals surface area contributed by atoms with E-state index < -0.39 is 5.91 Å². The standard InChI is InChI=1S/C18H17FN2O3S2/c1-25-12-5-4-11(14(19)10-12)9-15-16(17(23)21-24-8-7-22)13-3-2-6-20-18(13)26-15/h2-6,10,22H,7-9H2,1H3,(H,21,23). The molecule has 26 heavy (non-hydrogen) atoms. The summed E-state index contributed by atoms with van der Waals surface area (Å²) in [5, 5.41) is 9.47. The van der Waals surface area contributed by atoms with Crippen LogP contribution in [0, 0.1) is 5.82 Å². The summed E-state index contributed by atoms with van der Waals surface area (Å²) in [5.41, 5.74) is 3.25. The fraction of sp³-hybridized carbons (Fsp3) is 0.222. The van der Waals surface area contributed by atoms with Crippen LogP contribution >= 0.6 is 23.1 Å². The van der Waals surface area contributed by atoms with Crippen LogP contribution in [0.5, 0.6) is 0 Å². The molecule has 5 nitrogen and oxygen atoms in total. The van der Waals surface area contributed by atoms with E-state index in [4.69, 9.17) is 9.94 Å². The third-order valence-electron chi connectivity index (χ3n) is 3.74. The summed E-state index contributed by atoms with van der Waals surface area (Å²) in [6.07, 6.45) is 3.83. The largest absolute Gasteiger partial charge is 0.394 e. The van der Waals surface area contributed by atoms with Crippen LogP contribution in [0.4, 0.5) is 4.39 Å². The van der Waals surface area contributed by atoms with Crippen LogP contribution in [-0.4, -0.2) is 35.5 Å². The van der Waals surface area contributed by atoms with Crippen molar-refractivity contribution in [2.45, 2.75) is 11.3 Å². The molecule has 0 fully saturated rings. The predicted octanol–water partition coefficient (Wildman–Crippen LogP) is 3.40. The molecule has 2 N–H and O–H groups in total. The van der Waals surface area contributed by atoms with Gasteiger partial charge in [-0.05, 0) is 36.1 Å². The Balaban J connectivity index is 1.97. The Kier molecular flexibility index (Phi) is 6.20. The number of amides is 1. The van der Waals surface area contributed by atoms with Gasteiger partial charge in [-0.25, -0.2) is 14.9 Å². The van der Waals surface area contributed by atoms with Gasteiger partial charge in [0.1, 0.15) is 10.6 Å². The molecule has 1 amide bonds. The molecule has 0 aliphatic heterocycles. The van der Waals surface area contributed by atoms with Crippen molar-refractivity contribution in [1.82, 2.24) is 10.5 Å². The predicted molar refractivity (Wildman–Crippen MR) is 101 cm³/mol. The number of aliphatic hydroxyl groups excluding tert-OH is 1. The van der Waals surface area contributed by atoms with Crippen molar-refractivity contribution < 1.29 is 19.1 Å². The number of hydrogen-bond donors (Lipinski definition) is 2. The number of thioether (sulfide) groups is 1. The van der Waals surface area contributed by atoms with Crippen LogP contribution in [0.25, 0.3) is 10.2 Å². The maximum atomic E-state index is 14.4. The summed E-state index contributed by atoms with van der Waals surface area (Å²) in [6, 6.07) is 8.64. The Morgan fingerprint density at radius 2 is 2.27 bits per heavy atom. The minimum absolute atomic E-state index is 0.00777. The molecule has 0 spiro atoms. The molecule has 1 aromatic carbocycles. The average Bonchev–Trinajstić information content (AvgIpc) is 3.01. The molecule has 0 saturated carbocycles. The van der Waals surface area contributed by atoms with E-state index in [2.05, 4.69) is 10.5 Å². The van der Waals surface area contributed by atoms with Crippen LogP contribution in [0.1, 0.15) is 20.8 Å². The number of nitrogens with one attached hydrogen (secondary N) is 1. The Labute approximate surface area is 158 Å². The maximum absolute atomic E-state index is 14.4. The van der Waals surface area contributed by atoms with Crippen LogP contribution in [0.3, 0.4) is 0 Å². The number of halogens is 1. The van der Waals surface area contributed by atoms with Crippen molar-refractivity contribution in [3.63, 3.8) is 0 Å². The van der Waals surface area contributed by atoms with Gasteiger partial charge in [-0.3, -0.25) is 9.63 Å². The van der Waals surface area contributed by atoms with Crippen molar-refractivity contribution in [3.05, 3.63) is 58.3 Å².